The molecule has 0 amide bonds. The highest BCUT2D eigenvalue weighted by atomic mass is 79.9. The Morgan fingerprint density at radius 1 is 1.15 bits per heavy atom. The molecule has 2 nitrogen and oxygen atoms in total. The molecule has 0 aromatic heterocycles. The zero-order valence-electron chi connectivity index (χ0n) is 11.6. The first-order chi connectivity index (χ1) is 9.70. The molecule has 0 fully saturated rings. The van der Waals surface area contributed by atoms with E-state index in [-0.39, 0.29) is 6.04 Å². The normalized spacial score (nSPS) is 12.3. The Balaban J connectivity index is 2.22. The van der Waals surface area contributed by atoms with E-state index in [4.69, 9.17) is 0 Å². The Bertz CT molecular complexity index is 556. The predicted octanol–water partition coefficient (Wildman–Crippen LogP) is 4.44. The highest BCUT2D eigenvalue weighted by molar-refractivity contribution is 9.10. The molecule has 2 aromatic rings. The lowest BCUT2D eigenvalue weighted by Crippen LogP contribution is -2.24. The lowest BCUT2D eigenvalue weighted by molar-refractivity contribution is 0.472. The fraction of sp³-hybridized carbons (Fsp3) is 0.294. The quantitative estimate of drug-likeness (QED) is 0.819. The van der Waals surface area contributed by atoms with E-state index in [1.807, 2.05) is 18.2 Å². The van der Waals surface area contributed by atoms with Gasteiger partial charge in [-0.3, -0.25) is 0 Å². The summed E-state index contributed by atoms with van der Waals surface area (Å²) in [4.78, 5) is 0. The van der Waals surface area contributed by atoms with Gasteiger partial charge < -0.3 is 10.4 Å². The molecule has 2 N–H and O–H groups in total. The molecule has 3 heteroatoms. The Labute approximate surface area is 129 Å². The molecule has 2 aromatic carbocycles. The number of phenols is 1. The van der Waals surface area contributed by atoms with Gasteiger partial charge in [-0.25, -0.2) is 0 Å². The van der Waals surface area contributed by atoms with Crippen molar-refractivity contribution in [2.24, 2.45) is 0 Å². The van der Waals surface area contributed by atoms with Crippen molar-refractivity contribution in [2.45, 2.75) is 25.8 Å². The van der Waals surface area contributed by atoms with Crippen molar-refractivity contribution >= 4 is 15.9 Å². The second-order valence-electron chi connectivity index (χ2n) is 4.90. The maximum absolute atomic E-state index is 9.60. The monoisotopic (exact) mass is 333 g/mol. The topological polar surface area (TPSA) is 32.3 Å². The highest BCUT2D eigenvalue weighted by Crippen LogP contribution is 2.26. The highest BCUT2D eigenvalue weighted by Gasteiger charge is 2.14. The third-order valence-electron chi connectivity index (χ3n) is 3.27. The van der Waals surface area contributed by atoms with Crippen LogP contribution in [-0.4, -0.2) is 11.7 Å². The number of phenolic OH excluding ortho intramolecular Hbond substituents is 1. The van der Waals surface area contributed by atoms with Crippen molar-refractivity contribution in [3.05, 3.63) is 64.1 Å². The maximum atomic E-state index is 9.60. The van der Waals surface area contributed by atoms with Gasteiger partial charge in [-0.1, -0.05) is 53.2 Å². The summed E-state index contributed by atoms with van der Waals surface area (Å²) < 4.78 is 1.12. The molecule has 2 rings (SSSR count). The zero-order valence-corrected chi connectivity index (χ0v) is 13.2. The lowest BCUT2D eigenvalue weighted by Gasteiger charge is -2.20. The van der Waals surface area contributed by atoms with E-state index in [1.54, 1.807) is 6.07 Å². The van der Waals surface area contributed by atoms with Gasteiger partial charge >= 0.3 is 0 Å². The van der Waals surface area contributed by atoms with Gasteiger partial charge in [0.15, 0.2) is 0 Å². The van der Waals surface area contributed by atoms with Gasteiger partial charge in [-0.05, 0) is 48.7 Å². The summed E-state index contributed by atoms with van der Waals surface area (Å²) in [5, 5.41) is 13.2. The van der Waals surface area contributed by atoms with Gasteiger partial charge in [0.25, 0.3) is 0 Å². The van der Waals surface area contributed by atoms with Crippen LogP contribution < -0.4 is 5.32 Å². The summed E-state index contributed by atoms with van der Waals surface area (Å²) >= 11 is 3.63. The molecule has 20 heavy (non-hydrogen) atoms. The Morgan fingerprint density at radius 2 is 1.95 bits per heavy atom. The molecule has 0 saturated carbocycles. The lowest BCUT2D eigenvalue weighted by atomic mass is 9.98. The van der Waals surface area contributed by atoms with Crippen molar-refractivity contribution in [3.8, 4) is 5.75 Å². The molecule has 106 valence electrons. The van der Waals surface area contributed by atoms with E-state index in [9.17, 15) is 5.11 Å². The number of nitrogens with one attached hydrogen (secondary N) is 1. The minimum absolute atomic E-state index is 0.243. The standard InChI is InChI=1S/C17H20BrNO/c1-2-10-19-17(15-8-3-4-9-16(15)18)12-13-6-5-7-14(20)11-13/h3-9,11,17,19-20H,2,10,12H2,1H3. The second kappa shape index (κ2) is 7.46. The van der Waals surface area contributed by atoms with Crippen LogP contribution in [0.2, 0.25) is 0 Å². The molecule has 0 aliphatic heterocycles. The van der Waals surface area contributed by atoms with Gasteiger partial charge in [0.1, 0.15) is 5.75 Å². The number of aromatic hydroxyl groups is 1. The molecule has 0 spiro atoms. The molecule has 0 aliphatic rings. The van der Waals surface area contributed by atoms with Gasteiger partial charge in [-0.15, -0.1) is 0 Å². The van der Waals surface area contributed by atoms with Gasteiger partial charge in [0.05, 0.1) is 0 Å². The van der Waals surface area contributed by atoms with E-state index >= 15 is 0 Å². The van der Waals surface area contributed by atoms with Crippen LogP contribution in [0.5, 0.6) is 5.75 Å². The number of halogens is 1. The average Bonchev–Trinajstić information content (AvgIpc) is 2.44. The van der Waals surface area contributed by atoms with Crippen LogP contribution in [0, 0.1) is 0 Å². The zero-order chi connectivity index (χ0) is 14.4. The summed E-state index contributed by atoms with van der Waals surface area (Å²) in [5.41, 5.74) is 2.39. The van der Waals surface area contributed by atoms with Crippen LogP contribution in [-0.2, 0) is 6.42 Å². The minimum atomic E-state index is 0.243. The van der Waals surface area contributed by atoms with Crippen LogP contribution in [0.25, 0.3) is 0 Å². The minimum Gasteiger partial charge on any atom is -0.508 e. The van der Waals surface area contributed by atoms with Crippen molar-refractivity contribution in [3.63, 3.8) is 0 Å². The largest absolute Gasteiger partial charge is 0.508 e. The van der Waals surface area contributed by atoms with Gasteiger partial charge in [0.2, 0.25) is 0 Å². The van der Waals surface area contributed by atoms with Crippen molar-refractivity contribution in [1.82, 2.24) is 5.32 Å². The first-order valence-corrected chi connectivity index (χ1v) is 7.75. The summed E-state index contributed by atoms with van der Waals surface area (Å²) in [5.74, 6) is 0.323. The number of hydrogen-bond donors (Lipinski definition) is 2. The van der Waals surface area contributed by atoms with Crippen molar-refractivity contribution in [2.75, 3.05) is 6.54 Å². The van der Waals surface area contributed by atoms with E-state index in [0.29, 0.717) is 5.75 Å². The third kappa shape index (κ3) is 4.09. The maximum Gasteiger partial charge on any atom is 0.115 e. The molecule has 0 radical (unpaired) electrons. The van der Waals surface area contributed by atoms with Crippen LogP contribution >= 0.6 is 15.9 Å². The van der Waals surface area contributed by atoms with Gasteiger partial charge in [-0.2, -0.15) is 0 Å². The fourth-order valence-corrected chi connectivity index (χ4v) is 2.85. The Hall–Kier alpha value is -1.32. The summed E-state index contributed by atoms with van der Waals surface area (Å²) in [6, 6.07) is 16.0. The predicted molar refractivity (Wildman–Crippen MR) is 87.0 cm³/mol. The Morgan fingerprint density at radius 3 is 2.65 bits per heavy atom. The molecular weight excluding hydrogens is 314 g/mol. The first-order valence-electron chi connectivity index (χ1n) is 6.96. The van der Waals surface area contributed by atoms with Crippen LogP contribution in [0.1, 0.15) is 30.5 Å². The first kappa shape index (κ1) is 15.1. The third-order valence-corrected chi connectivity index (χ3v) is 3.99. The van der Waals surface area contributed by atoms with E-state index in [2.05, 4.69) is 52.4 Å². The average molecular weight is 334 g/mol. The summed E-state index contributed by atoms with van der Waals surface area (Å²) in [7, 11) is 0. The molecule has 0 heterocycles. The molecule has 0 saturated heterocycles. The van der Waals surface area contributed by atoms with E-state index < -0.39 is 0 Å². The van der Waals surface area contributed by atoms with E-state index in [1.165, 1.54) is 5.56 Å². The Kier molecular flexibility index (Phi) is 5.62. The number of hydrogen-bond acceptors (Lipinski definition) is 2. The fourth-order valence-electron chi connectivity index (χ4n) is 2.29. The number of rotatable bonds is 6. The van der Waals surface area contributed by atoms with Crippen molar-refractivity contribution in [1.29, 1.82) is 0 Å². The number of benzene rings is 2. The van der Waals surface area contributed by atoms with Crippen LogP contribution in [0.15, 0.2) is 53.0 Å². The molecule has 1 atom stereocenters. The van der Waals surface area contributed by atoms with Crippen molar-refractivity contribution < 1.29 is 5.11 Å². The molecule has 0 aliphatic carbocycles. The SMILES string of the molecule is CCCNC(Cc1cccc(O)c1)c1ccccc1Br. The smallest absolute Gasteiger partial charge is 0.115 e. The van der Waals surface area contributed by atoms with Crippen LogP contribution in [0.4, 0.5) is 0 Å². The molecule has 0 bridgehead atoms. The summed E-state index contributed by atoms with van der Waals surface area (Å²) in [6.45, 7) is 3.14. The van der Waals surface area contributed by atoms with Crippen LogP contribution in [0.3, 0.4) is 0 Å². The summed E-state index contributed by atoms with van der Waals surface area (Å²) in [6.07, 6.45) is 1.96. The van der Waals surface area contributed by atoms with E-state index in [0.717, 1.165) is 29.4 Å². The molecule has 1 unspecified atom stereocenters. The second-order valence-corrected chi connectivity index (χ2v) is 5.76. The molecular formula is C17H20BrNO. The van der Waals surface area contributed by atoms with Gasteiger partial charge in [0, 0.05) is 10.5 Å².